The second-order valence-corrected chi connectivity index (χ2v) is 7.52. The van der Waals surface area contributed by atoms with Crippen molar-refractivity contribution in [3.05, 3.63) is 29.3 Å². The van der Waals surface area contributed by atoms with Crippen LogP contribution in [0.4, 0.5) is 0 Å². The standard InChI is InChI=1S/C14H16ClNO2S/c15-12-6-4-7-13(9-12)19(17,18)14-8-3-1-2-5-11(14)10-16/h4,6-7,9,11,14H,1-3,5,8H2. The molecule has 5 heteroatoms. The molecule has 1 aliphatic carbocycles. The third-order valence-corrected chi connectivity index (χ3v) is 6.15. The van der Waals surface area contributed by atoms with Crippen LogP contribution in [-0.4, -0.2) is 13.7 Å². The van der Waals surface area contributed by atoms with Gasteiger partial charge in [0, 0.05) is 5.02 Å². The van der Waals surface area contributed by atoms with E-state index in [0.29, 0.717) is 17.9 Å². The molecule has 1 saturated carbocycles. The van der Waals surface area contributed by atoms with Crippen LogP contribution < -0.4 is 0 Å². The summed E-state index contributed by atoms with van der Waals surface area (Å²) in [4.78, 5) is 0.229. The van der Waals surface area contributed by atoms with Gasteiger partial charge in [0.1, 0.15) is 0 Å². The van der Waals surface area contributed by atoms with Crippen LogP contribution in [0.25, 0.3) is 0 Å². The van der Waals surface area contributed by atoms with Crippen molar-refractivity contribution in [2.75, 3.05) is 0 Å². The normalized spacial score (nSPS) is 24.4. The lowest BCUT2D eigenvalue weighted by Gasteiger charge is -2.19. The van der Waals surface area contributed by atoms with Gasteiger partial charge in [-0.3, -0.25) is 0 Å². The van der Waals surface area contributed by atoms with E-state index >= 15 is 0 Å². The molecular formula is C14H16ClNO2S. The summed E-state index contributed by atoms with van der Waals surface area (Å²) >= 11 is 5.86. The van der Waals surface area contributed by atoms with Crippen molar-refractivity contribution in [3.63, 3.8) is 0 Å². The first kappa shape index (κ1) is 14.4. The Labute approximate surface area is 119 Å². The molecule has 0 N–H and O–H groups in total. The fourth-order valence-electron chi connectivity index (χ4n) is 2.61. The lowest BCUT2D eigenvalue weighted by molar-refractivity contribution is 0.523. The van der Waals surface area contributed by atoms with Crippen LogP contribution in [-0.2, 0) is 9.84 Å². The first-order valence-electron chi connectivity index (χ1n) is 6.45. The highest BCUT2D eigenvalue weighted by molar-refractivity contribution is 7.92. The molecule has 0 aromatic heterocycles. The van der Waals surface area contributed by atoms with Crippen LogP contribution in [0.5, 0.6) is 0 Å². The van der Waals surface area contributed by atoms with E-state index in [1.54, 1.807) is 18.2 Å². The third-order valence-electron chi connectivity index (χ3n) is 3.64. The van der Waals surface area contributed by atoms with Crippen LogP contribution in [0.2, 0.25) is 5.02 Å². The van der Waals surface area contributed by atoms with Crippen LogP contribution in [0, 0.1) is 17.2 Å². The summed E-state index contributed by atoms with van der Waals surface area (Å²) in [6, 6.07) is 8.48. The molecule has 0 saturated heterocycles. The number of sulfone groups is 1. The number of nitriles is 1. The predicted octanol–water partition coefficient (Wildman–Crippen LogP) is 3.59. The molecule has 19 heavy (non-hydrogen) atoms. The molecule has 2 unspecified atom stereocenters. The fraction of sp³-hybridized carbons (Fsp3) is 0.500. The van der Waals surface area contributed by atoms with E-state index in [-0.39, 0.29) is 4.90 Å². The highest BCUT2D eigenvalue weighted by Gasteiger charge is 2.35. The third kappa shape index (κ3) is 3.10. The minimum absolute atomic E-state index is 0.229. The SMILES string of the molecule is N#CC1CCCCCC1S(=O)(=O)c1cccc(Cl)c1. The minimum atomic E-state index is -3.48. The number of benzene rings is 1. The Morgan fingerprint density at radius 3 is 2.63 bits per heavy atom. The van der Waals surface area contributed by atoms with Gasteiger partial charge in [0.05, 0.1) is 22.1 Å². The Morgan fingerprint density at radius 1 is 1.21 bits per heavy atom. The molecule has 2 atom stereocenters. The monoisotopic (exact) mass is 297 g/mol. The summed E-state index contributed by atoms with van der Waals surface area (Å²) in [5.41, 5.74) is 0. The van der Waals surface area contributed by atoms with Gasteiger partial charge in [-0.05, 0) is 31.0 Å². The number of nitrogens with zero attached hydrogens (tertiary/aromatic N) is 1. The Hall–Kier alpha value is -1.05. The van der Waals surface area contributed by atoms with Gasteiger partial charge in [0.15, 0.2) is 9.84 Å². The average molecular weight is 298 g/mol. The second-order valence-electron chi connectivity index (χ2n) is 4.91. The molecule has 0 aliphatic heterocycles. The van der Waals surface area contributed by atoms with Gasteiger partial charge in [0.2, 0.25) is 0 Å². The Morgan fingerprint density at radius 2 is 1.95 bits per heavy atom. The van der Waals surface area contributed by atoms with Crippen molar-refractivity contribution in [2.24, 2.45) is 5.92 Å². The second kappa shape index (κ2) is 5.94. The van der Waals surface area contributed by atoms with E-state index in [2.05, 4.69) is 6.07 Å². The molecule has 0 amide bonds. The van der Waals surface area contributed by atoms with E-state index in [4.69, 9.17) is 11.6 Å². The van der Waals surface area contributed by atoms with E-state index in [0.717, 1.165) is 19.3 Å². The molecule has 0 spiro atoms. The molecule has 1 aromatic rings. The summed E-state index contributed by atoms with van der Waals surface area (Å²) in [6.07, 6.45) is 4.02. The van der Waals surface area contributed by atoms with Gasteiger partial charge >= 0.3 is 0 Å². The van der Waals surface area contributed by atoms with Crippen LogP contribution in [0.3, 0.4) is 0 Å². The van der Waals surface area contributed by atoms with Crippen LogP contribution in [0.15, 0.2) is 29.2 Å². The molecule has 0 bridgehead atoms. The lowest BCUT2D eigenvalue weighted by Crippen LogP contribution is -2.28. The van der Waals surface area contributed by atoms with Crippen LogP contribution in [0.1, 0.15) is 32.1 Å². The smallest absolute Gasteiger partial charge is 0.182 e. The predicted molar refractivity (Wildman–Crippen MR) is 74.6 cm³/mol. The summed E-state index contributed by atoms with van der Waals surface area (Å²) in [5, 5.41) is 9.02. The highest BCUT2D eigenvalue weighted by Crippen LogP contribution is 2.32. The van der Waals surface area contributed by atoms with E-state index < -0.39 is 21.0 Å². The summed E-state index contributed by atoms with van der Waals surface area (Å²) in [7, 11) is -3.48. The maximum atomic E-state index is 12.7. The van der Waals surface area contributed by atoms with Gasteiger partial charge in [-0.25, -0.2) is 8.42 Å². The van der Waals surface area contributed by atoms with Crippen molar-refractivity contribution in [2.45, 2.75) is 42.2 Å². The first-order chi connectivity index (χ1) is 9.05. The molecular weight excluding hydrogens is 282 g/mol. The quantitative estimate of drug-likeness (QED) is 0.784. The molecule has 102 valence electrons. The topological polar surface area (TPSA) is 57.9 Å². The molecule has 1 aliphatic rings. The van der Waals surface area contributed by atoms with Crippen LogP contribution >= 0.6 is 11.6 Å². The Bertz CT molecular complexity index is 592. The Kier molecular flexibility index (Phi) is 4.49. The van der Waals surface area contributed by atoms with Crippen molar-refractivity contribution in [1.29, 1.82) is 5.26 Å². The molecule has 1 aromatic carbocycles. The zero-order valence-electron chi connectivity index (χ0n) is 10.5. The molecule has 2 rings (SSSR count). The van der Waals surface area contributed by atoms with Crippen molar-refractivity contribution in [3.8, 4) is 6.07 Å². The summed E-state index contributed by atoms with van der Waals surface area (Å²) < 4.78 is 25.3. The number of hydrogen-bond donors (Lipinski definition) is 0. The van der Waals surface area contributed by atoms with Gasteiger partial charge in [0.25, 0.3) is 0 Å². The van der Waals surface area contributed by atoms with Crippen molar-refractivity contribution >= 4 is 21.4 Å². The lowest BCUT2D eigenvalue weighted by atomic mass is 10.0. The summed E-state index contributed by atoms with van der Waals surface area (Å²) in [6.45, 7) is 0. The van der Waals surface area contributed by atoms with Gasteiger partial charge in [-0.15, -0.1) is 0 Å². The molecule has 3 nitrogen and oxygen atoms in total. The zero-order valence-corrected chi connectivity index (χ0v) is 12.1. The maximum absolute atomic E-state index is 12.7. The molecule has 1 fully saturated rings. The maximum Gasteiger partial charge on any atom is 0.182 e. The van der Waals surface area contributed by atoms with Crippen molar-refractivity contribution < 1.29 is 8.42 Å². The van der Waals surface area contributed by atoms with Crippen molar-refractivity contribution in [1.82, 2.24) is 0 Å². The van der Waals surface area contributed by atoms with E-state index in [9.17, 15) is 13.7 Å². The summed E-state index contributed by atoms with van der Waals surface area (Å²) in [5.74, 6) is -0.411. The van der Waals surface area contributed by atoms with E-state index in [1.807, 2.05) is 0 Å². The minimum Gasteiger partial charge on any atom is -0.223 e. The first-order valence-corrected chi connectivity index (χ1v) is 8.37. The fourth-order valence-corrected chi connectivity index (χ4v) is 4.88. The Balaban J connectivity index is 2.39. The van der Waals surface area contributed by atoms with Gasteiger partial charge in [-0.1, -0.05) is 36.9 Å². The van der Waals surface area contributed by atoms with Gasteiger partial charge < -0.3 is 0 Å². The highest BCUT2D eigenvalue weighted by atomic mass is 35.5. The zero-order chi connectivity index (χ0) is 13.9. The largest absolute Gasteiger partial charge is 0.223 e. The number of halogens is 1. The van der Waals surface area contributed by atoms with Gasteiger partial charge in [-0.2, -0.15) is 5.26 Å². The molecule has 0 heterocycles. The molecule has 0 radical (unpaired) electrons. The number of rotatable bonds is 2. The van der Waals surface area contributed by atoms with E-state index in [1.165, 1.54) is 6.07 Å². The number of hydrogen-bond acceptors (Lipinski definition) is 3. The average Bonchev–Trinajstić information content (AvgIpc) is 2.64.